The molecule has 0 spiro atoms. The highest BCUT2D eigenvalue weighted by atomic mass is 19.1. The summed E-state index contributed by atoms with van der Waals surface area (Å²) in [5.41, 5.74) is 3.83. The minimum absolute atomic E-state index is 0.145. The van der Waals surface area contributed by atoms with Crippen LogP contribution in [0.2, 0.25) is 0 Å². The Morgan fingerprint density at radius 1 is 1.00 bits per heavy atom. The lowest BCUT2D eigenvalue weighted by molar-refractivity contribution is 0.173. The monoisotopic (exact) mass is 274 g/mol. The molecule has 1 aliphatic carbocycles. The SMILES string of the molecule is OC(Cc1ccc2c(c1)CCC2)c1ccc(F)cc1F. The predicted octanol–water partition coefficient (Wildman–Crippen LogP) is 3.73. The third-order valence-electron chi connectivity index (χ3n) is 3.91. The van der Waals surface area contributed by atoms with Crippen molar-refractivity contribution < 1.29 is 13.9 Å². The molecular weight excluding hydrogens is 258 g/mol. The van der Waals surface area contributed by atoms with E-state index in [4.69, 9.17) is 0 Å². The quantitative estimate of drug-likeness (QED) is 0.904. The van der Waals surface area contributed by atoms with Gasteiger partial charge in [-0.1, -0.05) is 24.3 Å². The van der Waals surface area contributed by atoms with E-state index in [1.165, 1.54) is 29.7 Å². The van der Waals surface area contributed by atoms with E-state index < -0.39 is 17.7 Å². The van der Waals surface area contributed by atoms with Crippen molar-refractivity contribution in [3.05, 3.63) is 70.3 Å². The number of hydrogen-bond acceptors (Lipinski definition) is 1. The summed E-state index contributed by atoms with van der Waals surface area (Å²) in [4.78, 5) is 0. The van der Waals surface area contributed by atoms with Gasteiger partial charge in [0.25, 0.3) is 0 Å². The predicted molar refractivity (Wildman–Crippen MR) is 73.5 cm³/mol. The van der Waals surface area contributed by atoms with E-state index >= 15 is 0 Å². The lowest BCUT2D eigenvalue weighted by Crippen LogP contribution is -2.05. The molecule has 1 atom stereocenters. The van der Waals surface area contributed by atoms with Crippen molar-refractivity contribution in [3.63, 3.8) is 0 Å². The number of hydrogen-bond donors (Lipinski definition) is 1. The van der Waals surface area contributed by atoms with Crippen molar-refractivity contribution in [2.24, 2.45) is 0 Å². The molecule has 1 nitrogen and oxygen atoms in total. The Morgan fingerprint density at radius 3 is 2.60 bits per heavy atom. The fourth-order valence-electron chi connectivity index (χ4n) is 2.86. The lowest BCUT2D eigenvalue weighted by Gasteiger charge is -2.13. The van der Waals surface area contributed by atoms with E-state index in [2.05, 4.69) is 12.1 Å². The molecule has 0 amide bonds. The Kier molecular flexibility index (Phi) is 3.53. The van der Waals surface area contributed by atoms with Gasteiger partial charge in [0.2, 0.25) is 0 Å². The number of fused-ring (bicyclic) bond motifs is 1. The number of rotatable bonds is 3. The summed E-state index contributed by atoms with van der Waals surface area (Å²) in [6, 6.07) is 9.45. The van der Waals surface area contributed by atoms with Crippen molar-refractivity contribution >= 4 is 0 Å². The van der Waals surface area contributed by atoms with Crippen LogP contribution in [0.15, 0.2) is 36.4 Å². The van der Waals surface area contributed by atoms with Crippen molar-refractivity contribution in [1.82, 2.24) is 0 Å². The fourth-order valence-corrected chi connectivity index (χ4v) is 2.86. The molecule has 1 unspecified atom stereocenters. The molecule has 0 radical (unpaired) electrons. The molecule has 104 valence electrons. The molecule has 1 aliphatic rings. The molecule has 2 aromatic rings. The maximum absolute atomic E-state index is 13.6. The zero-order valence-electron chi connectivity index (χ0n) is 11.1. The minimum Gasteiger partial charge on any atom is -0.388 e. The first kappa shape index (κ1) is 13.3. The number of benzene rings is 2. The van der Waals surface area contributed by atoms with E-state index in [1.54, 1.807) is 0 Å². The topological polar surface area (TPSA) is 20.2 Å². The normalized spacial score (nSPS) is 15.2. The minimum atomic E-state index is -0.949. The van der Waals surface area contributed by atoms with Gasteiger partial charge in [0.1, 0.15) is 11.6 Å². The van der Waals surface area contributed by atoms with Gasteiger partial charge >= 0.3 is 0 Å². The maximum atomic E-state index is 13.6. The molecule has 1 N–H and O–H groups in total. The van der Waals surface area contributed by atoms with E-state index in [-0.39, 0.29) is 5.56 Å². The molecule has 20 heavy (non-hydrogen) atoms. The Balaban J connectivity index is 1.80. The van der Waals surface area contributed by atoms with E-state index in [0.29, 0.717) is 6.42 Å². The second-order valence-corrected chi connectivity index (χ2v) is 5.34. The first-order valence-electron chi connectivity index (χ1n) is 6.87. The van der Waals surface area contributed by atoms with Crippen LogP contribution in [0, 0.1) is 11.6 Å². The third-order valence-corrected chi connectivity index (χ3v) is 3.91. The van der Waals surface area contributed by atoms with Crippen LogP contribution < -0.4 is 0 Å². The van der Waals surface area contributed by atoms with Gasteiger partial charge < -0.3 is 5.11 Å². The standard InChI is InChI=1S/C17H16F2O/c18-14-6-7-15(16(19)10-14)17(20)9-11-4-5-12-2-1-3-13(12)8-11/h4-8,10,17,20H,1-3,9H2. The van der Waals surface area contributed by atoms with Crippen molar-refractivity contribution in [3.8, 4) is 0 Å². The molecule has 0 aliphatic heterocycles. The van der Waals surface area contributed by atoms with Crippen molar-refractivity contribution in [1.29, 1.82) is 0 Å². The summed E-state index contributed by atoms with van der Waals surface area (Å²) >= 11 is 0. The maximum Gasteiger partial charge on any atom is 0.131 e. The highest BCUT2D eigenvalue weighted by molar-refractivity contribution is 5.36. The Bertz CT molecular complexity index is 637. The van der Waals surface area contributed by atoms with Gasteiger partial charge in [-0.2, -0.15) is 0 Å². The number of aryl methyl sites for hydroxylation is 2. The second kappa shape index (κ2) is 5.33. The van der Waals surface area contributed by atoms with E-state index in [0.717, 1.165) is 24.5 Å². The summed E-state index contributed by atoms with van der Waals surface area (Å²) in [6.07, 6.45) is 2.76. The highest BCUT2D eigenvalue weighted by Crippen LogP contribution is 2.26. The Labute approximate surface area is 116 Å². The van der Waals surface area contributed by atoms with Crippen molar-refractivity contribution in [2.45, 2.75) is 31.8 Å². The molecule has 0 saturated heterocycles. The lowest BCUT2D eigenvalue weighted by atomic mass is 9.98. The first-order chi connectivity index (χ1) is 9.63. The Morgan fingerprint density at radius 2 is 1.80 bits per heavy atom. The second-order valence-electron chi connectivity index (χ2n) is 5.34. The van der Waals surface area contributed by atoms with Gasteiger partial charge in [0.15, 0.2) is 0 Å². The molecule has 0 heterocycles. The zero-order valence-corrected chi connectivity index (χ0v) is 11.1. The van der Waals surface area contributed by atoms with Gasteiger partial charge in [0.05, 0.1) is 6.10 Å². The summed E-state index contributed by atoms with van der Waals surface area (Å²) in [7, 11) is 0. The van der Waals surface area contributed by atoms with Crippen molar-refractivity contribution in [2.75, 3.05) is 0 Å². The van der Waals surface area contributed by atoms with Gasteiger partial charge in [-0.05, 0) is 42.0 Å². The Hall–Kier alpha value is -1.74. The van der Waals surface area contributed by atoms with Crippen LogP contribution in [-0.4, -0.2) is 5.11 Å². The smallest absolute Gasteiger partial charge is 0.131 e. The first-order valence-corrected chi connectivity index (χ1v) is 6.87. The molecule has 0 fully saturated rings. The van der Waals surface area contributed by atoms with Crippen LogP contribution in [0.3, 0.4) is 0 Å². The number of aliphatic hydroxyl groups is 1. The summed E-state index contributed by atoms with van der Waals surface area (Å²) in [6.45, 7) is 0. The van der Waals surface area contributed by atoms with Gasteiger partial charge in [-0.15, -0.1) is 0 Å². The van der Waals surface area contributed by atoms with Crippen LogP contribution in [-0.2, 0) is 19.3 Å². The van der Waals surface area contributed by atoms with Gasteiger partial charge in [-0.3, -0.25) is 0 Å². The molecule has 0 saturated carbocycles. The molecule has 2 aromatic carbocycles. The number of halogens is 2. The average molecular weight is 274 g/mol. The van der Waals surface area contributed by atoms with Crippen LogP contribution in [0.25, 0.3) is 0 Å². The fraction of sp³-hybridized carbons (Fsp3) is 0.294. The summed E-state index contributed by atoms with van der Waals surface area (Å²) in [5, 5.41) is 10.1. The van der Waals surface area contributed by atoms with Crippen LogP contribution in [0.5, 0.6) is 0 Å². The highest BCUT2D eigenvalue weighted by Gasteiger charge is 2.16. The van der Waals surface area contributed by atoms with E-state index in [1.807, 2.05) is 6.07 Å². The largest absolute Gasteiger partial charge is 0.388 e. The van der Waals surface area contributed by atoms with E-state index in [9.17, 15) is 13.9 Å². The average Bonchev–Trinajstić information content (AvgIpc) is 2.85. The summed E-state index contributed by atoms with van der Waals surface area (Å²) in [5.74, 6) is -1.32. The molecular formula is C17H16F2O. The third kappa shape index (κ3) is 2.59. The molecule has 3 rings (SSSR count). The molecule has 0 bridgehead atoms. The van der Waals surface area contributed by atoms with Gasteiger partial charge in [0, 0.05) is 18.1 Å². The molecule has 3 heteroatoms. The summed E-state index contributed by atoms with van der Waals surface area (Å²) < 4.78 is 26.5. The van der Waals surface area contributed by atoms with Crippen LogP contribution >= 0.6 is 0 Å². The zero-order chi connectivity index (χ0) is 14.1. The van der Waals surface area contributed by atoms with Crippen LogP contribution in [0.1, 0.15) is 34.8 Å². The molecule has 0 aromatic heterocycles. The van der Waals surface area contributed by atoms with Gasteiger partial charge in [-0.25, -0.2) is 8.78 Å². The van der Waals surface area contributed by atoms with Crippen LogP contribution in [0.4, 0.5) is 8.78 Å². The number of aliphatic hydroxyl groups excluding tert-OH is 1.